The summed E-state index contributed by atoms with van der Waals surface area (Å²) in [7, 11) is 1.87. The first-order valence-corrected chi connectivity index (χ1v) is 8.27. The molecule has 1 aliphatic rings. The van der Waals surface area contributed by atoms with Crippen molar-refractivity contribution in [2.45, 2.75) is 38.8 Å². The van der Waals surface area contributed by atoms with Crippen molar-refractivity contribution < 1.29 is 9.18 Å². The van der Waals surface area contributed by atoms with Crippen LogP contribution in [0.4, 0.5) is 9.18 Å². The molecule has 2 amide bonds. The monoisotopic (exact) mass is 330 g/mol. The van der Waals surface area contributed by atoms with E-state index in [1.54, 1.807) is 17.7 Å². The summed E-state index contributed by atoms with van der Waals surface area (Å²) in [6.07, 6.45) is 5.68. The molecule has 1 aromatic carbocycles. The maximum absolute atomic E-state index is 13.7. The Morgan fingerprint density at radius 2 is 2.25 bits per heavy atom. The maximum atomic E-state index is 13.7. The molecule has 1 aliphatic heterocycles. The summed E-state index contributed by atoms with van der Waals surface area (Å²) in [6.45, 7) is 4.32. The van der Waals surface area contributed by atoms with E-state index in [-0.39, 0.29) is 23.9 Å². The van der Waals surface area contributed by atoms with Crippen molar-refractivity contribution in [1.29, 1.82) is 0 Å². The molecular weight excluding hydrogens is 307 g/mol. The molecule has 1 aromatic heterocycles. The second-order valence-electron chi connectivity index (χ2n) is 6.48. The Bertz CT molecular complexity index is 742. The molecule has 2 atom stereocenters. The number of nitrogens with zero attached hydrogens (tertiary/aromatic N) is 3. The summed E-state index contributed by atoms with van der Waals surface area (Å²) in [4.78, 5) is 14.5. The molecule has 0 spiro atoms. The van der Waals surface area contributed by atoms with Crippen LogP contribution in [0.25, 0.3) is 0 Å². The summed E-state index contributed by atoms with van der Waals surface area (Å²) in [5.74, 6) is -0.247. The van der Waals surface area contributed by atoms with Crippen LogP contribution in [0.2, 0.25) is 0 Å². The molecule has 24 heavy (non-hydrogen) atoms. The highest BCUT2D eigenvalue weighted by Gasteiger charge is 2.31. The fraction of sp³-hybridized carbons (Fsp3) is 0.444. The summed E-state index contributed by atoms with van der Waals surface area (Å²) in [5, 5.41) is 7.18. The Kier molecular flexibility index (Phi) is 4.55. The van der Waals surface area contributed by atoms with Gasteiger partial charge in [-0.1, -0.05) is 12.1 Å². The highest BCUT2D eigenvalue weighted by Crippen LogP contribution is 2.31. The summed E-state index contributed by atoms with van der Waals surface area (Å²) < 4.78 is 15.5. The Morgan fingerprint density at radius 3 is 2.92 bits per heavy atom. The highest BCUT2D eigenvalue weighted by molar-refractivity contribution is 5.75. The number of hydrogen-bond acceptors (Lipinski definition) is 2. The largest absolute Gasteiger partial charge is 0.331 e. The number of amides is 2. The molecule has 2 heterocycles. The molecule has 0 unspecified atom stereocenters. The molecule has 1 N–H and O–H groups in total. The van der Waals surface area contributed by atoms with Crippen LogP contribution in [0.15, 0.2) is 30.6 Å². The van der Waals surface area contributed by atoms with Crippen molar-refractivity contribution in [1.82, 2.24) is 20.0 Å². The van der Waals surface area contributed by atoms with Crippen LogP contribution in [-0.2, 0) is 7.05 Å². The summed E-state index contributed by atoms with van der Waals surface area (Å²) in [5.41, 5.74) is 2.43. The minimum atomic E-state index is -0.247. The second-order valence-corrected chi connectivity index (χ2v) is 6.48. The lowest BCUT2D eigenvalue weighted by molar-refractivity contribution is 0.189. The van der Waals surface area contributed by atoms with Gasteiger partial charge in [-0.2, -0.15) is 5.10 Å². The van der Waals surface area contributed by atoms with E-state index < -0.39 is 0 Å². The van der Waals surface area contributed by atoms with Gasteiger partial charge in [0, 0.05) is 25.4 Å². The highest BCUT2D eigenvalue weighted by atomic mass is 19.1. The third-order valence-corrected chi connectivity index (χ3v) is 4.66. The molecule has 0 aliphatic carbocycles. The summed E-state index contributed by atoms with van der Waals surface area (Å²) in [6, 6.07) is 4.77. The molecule has 128 valence electrons. The van der Waals surface area contributed by atoms with E-state index in [1.165, 1.54) is 6.07 Å². The molecular formula is C18H23FN4O. The average Bonchev–Trinajstić information content (AvgIpc) is 3.18. The smallest absolute Gasteiger partial charge is 0.318 e. The minimum Gasteiger partial charge on any atom is -0.331 e. The van der Waals surface area contributed by atoms with Crippen LogP contribution in [0.5, 0.6) is 0 Å². The molecule has 0 saturated carbocycles. The van der Waals surface area contributed by atoms with Crippen molar-refractivity contribution in [2.24, 2.45) is 7.05 Å². The van der Waals surface area contributed by atoms with Crippen molar-refractivity contribution in [2.75, 3.05) is 6.54 Å². The van der Waals surface area contributed by atoms with Crippen molar-refractivity contribution in [3.63, 3.8) is 0 Å². The fourth-order valence-electron chi connectivity index (χ4n) is 3.20. The summed E-state index contributed by atoms with van der Waals surface area (Å²) >= 11 is 0. The third-order valence-electron chi connectivity index (χ3n) is 4.66. The van der Waals surface area contributed by atoms with Gasteiger partial charge in [-0.3, -0.25) is 4.68 Å². The zero-order chi connectivity index (χ0) is 17.3. The van der Waals surface area contributed by atoms with E-state index in [9.17, 15) is 9.18 Å². The molecule has 6 heteroatoms. The number of nitrogens with one attached hydrogen (secondary N) is 1. The van der Waals surface area contributed by atoms with Crippen molar-refractivity contribution in [3.8, 4) is 0 Å². The van der Waals surface area contributed by atoms with Crippen LogP contribution in [0, 0.1) is 12.7 Å². The SMILES string of the molecule is Cc1ccc([C@H](C)NC(=O)N2CCC[C@@H]2c2cnn(C)c2)cc1F. The van der Waals surface area contributed by atoms with E-state index in [2.05, 4.69) is 10.4 Å². The van der Waals surface area contributed by atoms with Crippen LogP contribution < -0.4 is 5.32 Å². The minimum absolute atomic E-state index is 0.0562. The van der Waals surface area contributed by atoms with Gasteiger partial charge in [0.2, 0.25) is 0 Å². The fourth-order valence-corrected chi connectivity index (χ4v) is 3.20. The van der Waals surface area contributed by atoms with Crippen molar-refractivity contribution >= 4 is 6.03 Å². The number of aromatic nitrogens is 2. The lowest BCUT2D eigenvalue weighted by atomic mass is 10.1. The van der Waals surface area contributed by atoms with Crippen LogP contribution in [-0.4, -0.2) is 27.3 Å². The van der Waals surface area contributed by atoms with Crippen LogP contribution >= 0.6 is 0 Å². The van der Waals surface area contributed by atoms with Gasteiger partial charge in [0.15, 0.2) is 0 Å². The van der Waals surface area contributed by atoms with Gasteiger partial charge in [-0.05, 0) is 43.9 Å². The van der Waals surface area contributed by atoms with Gasteiger partial charge in [0.05, 0.1) is 18.3 Å². The molecule has 5 nitrogen and oxygen atoms in total. The van der Waals surface area contributed by atoms with E-state index in [0.29, 0.717) is 5.56 Å². The number of benzene rings is 1. The van der Waals surface area contributed by atoms with Crippen LogP contribution in [0.3, 0.4) is 0 Å². The number of rotatable bonds is 3. The first-order valence-electron chi connectivity index (χ1n) is 8.27. The average molecular weight is 330 g/mol. The standard InChI is InChI=1S/C18H23FN4O/c1-12-6-7-14(9-16(12)19)13(2)21-18(24)23-8-4-5-17(23)15-10-20-22(3)11-15/h6-7,9-11,13,17H,4-5,8H2,1-3H3,(H,21,24)/t13-,17+/m0/s1. The number of carbonyl (C=O) groups is 1. The second kappa shape index (κ2) is 6.63. The van der Waals surface area contributed by atoms with E-state index in [4.69, 9.17) is 0 Å². The zero-order valence-corrected chi connectivity index (χ0v) is 14.3. The number of halogens is 1. The number of likely N-dealkylation sites (tertiary alicyclic amines) is 1. The van der Waals surface area contributed by atoms with Crippen LogP contribution in [0.1, 0.15) is 48.5 Å². The Morgan fingerprint density at radius 1 is 1.46 bits per heavy atom. The van der Waals surface area contributed by atoms with Gasteiger partial charge in [-0.15, -0.1) is 0 Å². The first-order chi connectivity index (χ1) is 11.5. The molecule has 3 rings (SSSR count). The molecule has 0 radical (unpaired) electrons. The number of carbonyl (C=O) groups excluding carboxylic acids is 1. The lowest BCUT2D eigenvalue weighted by Crippen LogP contribution is -2.40. The Hall–Kier alpha value is -2.37. The van der Waals surface area contributed by atoms with E-state index in [1.807, 2.05) is 37.3 Å². The van der Waals surface area contributed by atoms with Gasteiger partial charge < -0.3 is 10.2 Å². The lowest BCUT2D eigenvalue weighted by Gasteiger charge is -2.26. The number of hydrogen-bond donors (Lipinski definition) is 1. The number of aryl methyl sites for hydroxylation is 2. The Balaban J connectivity index is 1.70. The first kappa shape index (κ1) is 16.5. The Labute approximate surface area is 141 Å². The maximum Gasteiger partial charge on any atom is 0.318 e. The normalized spacial score (nSPS) is 18.7. The predicted molar refractivity (Wildman–Crippen MR) is 90.0 cm³/mol. The van der Waals surface area contributed by atoms with Crippen molar-refractivity contribution in [3.05, 3.63) is 53.1 Å². The van der Waals surface area contributed by atoms with Gasteiger partial charge in [0.25, 0.3) is 0 Å². The number of urea groups is 1. The molecule has 2 aromatic rings. The topological polar surface area (TPSA) is 50.2 Å². The van der Waals surface area contributed by atoms with Gasteiger partial charge >= 0.3 is 6.03 Å². The third kappa shape index (κ3) is 3.27. The molecule has 1 fully saturated rings. The zero-order valence-electron chi connectivity index (χ0n) is 14.3. The molecule has 0 bridgehead atoms. The van der Waals surface area contributed by atoms with Gasteiger partial charge in [-0.25, -0.2) is 9.18 Å². The van der Waals surface area contributed by atoms with E-state index in [0.717, 1.165) is 30.5 Å². The van der Waals surface area contributed by atoms with Gasteiger partial charge in [0.1, 0.15) is 5.82 Å². The quantitative estimate of drug-likeness (QED) is 0.937. The predicted octanol–water partition coefficient (Wildman–Crippen LogP) is 3.48. The van der Waals surface area contributed by atoms with E-state index >= 15 is 0 Å². The molecule has 1 saturated heterocycles.